The van der Waals surface area contributed by atoms with Gasteiger partial charge in [0.25, 0.3) is 6.43 Å². The van der Waals surface area contributed by atoms with E-state index in [-0.39, 0.29) is 22.7 Å². The molecule has 1 aromatic heterocycles. The molecule has 1 heterocycles. The van der Waals surface area contributed by atoms with Gasteiger partial charge in [0.15, 0.2) is 6.29 Å². The van der Waals surface area contributed by atoms with Crippen molar-refractivity contribution in [2.45, 2.75) is 12.3 Å². The third-order valence-electron chi connectivity index (χ3n) is 1.54. The fourth-order valence-corrected chi connectivity index (χ4v) is 1.12. The molecule has 0 spiro atoms. The van der Waals surface area contributed by atoms with Gasteiger partial charge in [-0.05, 0) is 11.6 Å². The minimum atomic E-state index is -2.63. The molecule has 0 unspecified atom stereocenters. The Balaban J connectivity index is 3.17. The van der Waals surface area contributed by atoms with Crippen molar-refractivity contribution < 1.29 is 13.6 Å². The lowest BCUT2D eigenvalue weighted by Crippen LogP contribution is -1.97. The van der Waals surface area contributed by atoms with E-state index in [1.807, 2.05) is 0 Å². The lowest BCUT2D eigenvalue weighted by molar-refractivity contribution is 0.111. The normalized spacial score (nSPS) is 10.5. The maximum Gasteiger partial charge on any atom is 0.264 e. The highest BCUT2D eigenvalue weighted by atomic mass is 35.5. The van der Waals surface area contributed by atoms with E-state index in [4.69, 9.17) is 11.6 Å². The Kier molecular flexibility index (Phi) is 3.31. The number of nitrogens with zero attached hydrogens (tertiary/aromatic N) is 1. The highest BCUT2D eigenvalue weighted by Gasteiger charge is 2.13. The second-order valence-electron chi connectivity index (χ2n) is 2.36. The SMILES string of the molecule is O=Cc1cc(C(F)F)c(CCl)cn1. The molecule has 0 atom stereocenters. The first kappa shape index (κ1) is 10.1. The zero-order valence-corrected chi connectivity index (χ0v) is 7.26. The van der Waals surface area contributed by atoms with Gasteiger partial charge < -0.3 is 0 Å². The predicted molar refractivity (Wildman–Crippen MR) is 44.1 cm³/mol. The largest absolute Gasteiger partial charge is 0.296 e. The molecule has 0 saturated heterocycles. The summed E-state index contributed by atoms with van der Waals surface area (Å²) in [4.78, 5) is 13.9. The number of aromatic nitrogens is 1. The topological polar surface area (TPSA) is 30.0 Å². The Bertz CT molecular complexity index is 317. The summed E-state index contributed by atoms with van der Waals surface area (Å²) in [6.07, 6.45) is -1.02. The maximum absolute atomic E-state index is 12.3. The molecule has 0 aliphatic rings. The van der Waals surface area contributed by atoms with Crippen LogP contribution in [-0.4, -0.2) is 11.3 Å². The average molecular weight is 206 g/mol. The molecule has 13 heavy (non-hydrogen) atoms. The molecular formula is C8H6ClF2NO. The van der Waals surface area contributed by atoms with Gasteiger partial charge in [-0.2, -0.15) is 0 Å². The van der Waals surface area contributed by atoms with Crippen molar-refractivity contribution in [1.82, 2.24) is 4.98 Å². The summed E-state index contributed by atoms with van der Waals surface area (Å²) in [6, 6.07) is 1.05. The molecule has 5 heteroatoms. The van der Waals surface area contributed by atoms with Gasteiger partial charge in [-0.1, -0.05) is 0 Å². The van der Waals surface area contributed by atoms with Crippen LogP contribution in [-0.2, 0) is 5.88 Å². The number of aldehydes is 1. The van der Waals surface area contributed by atoms with Crippen molar-refractivity contribution >= 4 is 17.9 Å². The quantitative estimate of drug-likeness (QED) is 0.561. The van der Waals surface area contributed by atoms with Crippen molar-refractivity contribution in [3.05, 3.63) is 29.1 Å². The molecule has 0 fully saturated rings. The van der Waals surface area contributed by atoms with Gasteiger partial charge >= 0.3 is 0 Å². The number of carbonyl (C=O) groups excluding carboxylic acids is 1. The zero-order chi connectivity index (χ0) is 9.84. The molecule has 0 radical (unpaired) electrons. The van der Waals surface area contributed by atoms with E-state index in [2.05, 4.69) is 4.98 Å². The molecule has 0 N–H and O–H groups in total. The van der Waals surface area contributed by atoms with Crippen LogP contribution in [0.15, 0.2) is 12.3 Å². The van der Waals surface area contributed by atoms with Gasteiger partial charge in [0.05, 0.1) is 0 Å². The van der Waals surface area contributed by atoms with Crippen molar-refractivity contribution in [3.63, 3.8) is 0 Å². The van der Waals surface area contributed by atoms with Crippen molar-refractivity contribution in [2.75, 3.05) is 0 Å². The smallest absolute Gasteiger partial charge is 0.264 e. The Morgan fingerprint density at radius 2 is 2.31 bits per heavy atom. The number of alkyl halides is 3. The van der Waals surface area contributed by atoms with Crippen LogP contribution in [0.2, 0.25) is 0 Å². The van der Waals surface area contributed by atoms with E-state index in [1.165, 1.54) is 6.20 Å². The Morgan fingerprint density at radius 3 is 2.77 bits per heavy atom. The number of pyridine rings is 1. The number of hydrogen-bond acceptors (Lipinski definition) is 2. The van der Waals surface area contributed by atoms with Crippen LogP contribution >= 0.6 is 11.6 Å². The fraction of sp³-hybridized carbons (Fsp3) is 0.250. The molecule has 1 aromatic rings. The Hall–Kier alpha value is -1.03. The van der Waals surface area contributed by atoms with Crippen LogP contribution in [0, 0.1) is 0 Å². The van der Waals surface area contributed by atoms with Crippen molar-refractivity contribution in [2.24, 2.45) is 0 Å². The predicted octanol–water partition coefficient (Wildman–Crippen LogP) is 2.57. The minimum absolute atomic E-state index is 0.0100. The number of carbonyl (C=O) groups is 1. The van der Waals surface area contributed by atoms with Crippen LogP contribution < -0.4 is 0 Å². The van der Waals surface area contributed by atoms with E-state index < -0.39 is 6.43 Å². The summed E-state index contributed by atoms with van der Waals surface area (Å²) in [5.41, 5.74) is 0.0125. The Labute approximate surface area is 78.5 Å². The van der Waals surface area contributed by atoms with E-state index in [1.54, 1.807) is 0 Å². The van der Waals surface area contributed by atoms with E-state index in [0.29, 0.717) is 6.29 Å². The summed E-state index contributed by atoms with van der Waals surface area (Å²) in [5, 5.41) is 0. The van der Waals surface area contributed by atoms with Crippen LogP contribution in [0.3, 0.4) is 0 Å². The molecule has 70 valence electrons. The molecule has 0 aliphatic heterocycles. The highest BCUT2D eigenvalue weighted by molar-refractivity contribution is 6.17. The van der Waals surface area contributed by atoms with Gasteiger partial charge in [0.2, 0.25) is 0 Å². The minimum Gasteiger partial charge on any atom is -0.296 e. The lowest BCUT2D eigenvalue weighted by Gasteiger charge is -2.05. The van der Waals surface area contributed by atoms with Gasteiger partial charge in [-0.25, -0.2) is 8.78 Å². The maximum atomic E-state index is 12.3. The second-order valence-corrected chi connectivity index (χ2v) is 2.63. The lowest BCUT2D eigenvalue weighted by atomic mass is 10.1. The summed E-state index contributed by atoms with van der Waals surface area (Å²) in [5.74, 6) is -0.0359. The molecular weight excluding hydrogens is 200 g/mol. The highest BCUT2D eigenvalue weighted by Crippen LogP contribution is 2.23. The molecule has 0 aromatic carbocycles. The summed E-state index contributed by atoms with van der Waals surface area (Å²) in [6.45, 7) is 0. The van der Waals surface area contributed by atoms with Crippen molar-refractivity contribution in [1.29, 1.82) is 0 Å². The van der Waals surface area contributed by atoms with Crippen LogP contribution in [0.5, 0.6) is 0 Å². The van der Waals surface area contributed by atoms with E-state index in [9.17, 15) is 13.6 Å². The molecule has 0 bridgehead atoms. The fourth-order valence-electron chi connectivity index (χ4n) is 0.896. The van der Waals surface area contributed by atoms with Gasteiger partial charge in [-0.3, -0.25) is 9.78 Å². The first-order chi connectivity index (χ1) is 6.19. The molecule has 0 amide bonds. The first-order valence-corrected chi connectivity index (χ1v) is 4.00. The second kappa shape index (κ2) is 4.28. The van der Waals surface area contributed by atoms with Gasteiger partial charge in [-0.15, -0.1) is 11.6 Å². The Morgan fingerprint density at radius 1 is 1.62 bits per heavy atom. The van der Waals surface area contributed by atoms with Gasteiger partial charge in [0, 0.05) is 17.6 Å². The summed E-state index contributed by atoms with van der Waals surface area (Å²) < 4.78 is 24.7. The monoisotopic (exact) mass is 205 g/mol. The van der Waals surface area contributed by atoms with E-state index in [0.717, 1.165) is 6.07 Å². The summed E-state index contributed by atoms with van der Waals surface area (Å²) >= 11 is 5.41. The number of hydrogen-bond donors (Lipinski definition) is 0. The van der Waals surface area contributed by atoms with Crippen molar-refractivity contribution in [3.8, 4) is 0 Å². The molecule has 0 saturated carbocycles. The van der Waals surface area contributed by atoms with Crippen LogP contribution in [0.1, 0.15) is 28.0 Å². The van der Waals surface area contributed by atoms with Gasteiger partial charge in [0.1, 0.15) is 5.69 Å². The third-order valence-corrected chi connectivity index (χ3v) is 1.83. The van der Waals surface area contributed by atoms with Crippen LogP contribution in [0.25, 0.3) is 0 Å². The molecule has 2 nitrogen and oxygen atoms in total. The number of halogens is 3. The average Bonchev–Trinajstić information content (AvgIpc) is 2.16. The van der Waals surface area contributed by atoms with E-state index >= 15 is 0 Å². The third kappa shape index (κ3) is 2.21. The molecule has 0 aliphatic carbocycles. The van der Waals surface area contributed by atoms with Crippen LogP contribution in [0.4, 0.5) is 8.78 Å². The first-order valence-electron chi connectivity index (χ1n) is 3.47. The number of rotatable bonds is 3. The molecule has 1 rings (SSSR count). The zero-order valence-electron chi connectivity index (χ0n) is 6.51. The standard InChI is InChI=1S/C8H6ClF2NO/c9-2-5-3-12-6(4-13)1-7(5)8(10)11/h1,3-4,8H,2H2. The summed E-state index contributed by atoms with van der Waals surface area (Å²) in [7, 11) is 0.